The lowest BCUT2D eigenvalue weighted by molar-refractivity contribution is -0.144. The highest BCUT2D eigenvalue weighted by Crippen LogP contribution is 2.22. The fraction of sp³-hybridized carbons (Fsp3) is 0.500. The van der Waals surface area contributed by atoms with Gasteiger partial charge in [-0.2, -0.15) is 0 Å². The van der Waals surface area contributed by atoms with E-state index in [1.165, 1.54) is 0 Å². The lowest BCUT2D eigenvalue weighted by atomic mass is 9.99. The van der Waals surface area contributed by atoms with E-state index in [-0.39, 0.29) is 24.3 Å². The third-order valence-corrected chi connectivity index (χ3v) is 4.05. The second-order valence-electron chi connectivity index (χ2n) is 5.61. The number of piperidine rings is 1. The highest BCUT2D eigenvalue weighted by atomic mass is 16.5. The maximum absolute atomic E-state index is 12.8. The molecule has 0 saturated carbocycles. The molecule has 0 unspecified atom stereocenters. The number of carbonyl (C=O) groups is 2. The molecule has 23 heavy (non-hydrogen) atoms. The Kier molecular flexibility index (Phi) is 4.55. The molecule has 0 aliphatic carbocycles. The number of ether oxygens (including phenoxy) is 1. The largest absolute Gasteiger partial charge is 0.466 e. The Morgan fingerprint density at radius 2 is 2.26 bits per heavy atom. The molecular weight excluding hydrogens is 296 g/mol. The molecule has 7 heteroatoms. The van der Waals surface area contributed by atoms with Crippen LogP contribution in [0.2, 0.25) is 0 Å². The zero-order valence-electron chi connectivity index (χ0n) is 13.1. The van der Waals surface area contributed by atoms with E-state index in [2.05, 4.69) is 9.97 Å². The van der Waals surface area contributed by atoms with Crippen molar-refractivity contribution in [2.24, 2.45) is 0 Å². The predicted molar refractivity (Wildman–Crippen MR) is 82.9 cm³/mol. The molecular formula is C16H20N4O3. The Hall–Kier alpha value is -2.44. The smallest absolute Gasteiger partial charge is 0.307 e. The van der Waals surface area contributed by atoms with Gasteiger partial charge in [-0.25, -0.2) is 9.97 Å². The lowest BCUT2D eigenvalue weighted by Gasteiger charge is -2.34. The minimum Gasteiger partial charge on any atom is -0.466 e. The maximum Gasteiger partial charge on any atom is 0.307 e. The van der Waals surface area contributed by atoms with Crippen LogP contribution in [-0.2, 0) is 9.53 Å². The number of imidazole rings is 1. The van der Waals surface area contributed by atoms with E-state index in [0.29, 0.717) is 24.6 Å². The maximum atomic E-state index is 12.8. The van der Waals surface area contributed by atoms with Gasteiger partial charge in [0.05, 0.1) is 13.0 Å². The number of amides is 1. The molecule has 7 nitrogen and oxygen atoms in total. The van der Waals surface area contributed by atoms with E-state index >= 15 is 0 Å². The Balaban J connectivity index is 1.79. The minimum absolute atomic E-state index is 0.118. The minimum atomic E-state index is -0.256. The van der Waals surface area contributed by atoms with Gasteiger partial charge < -0.3 is 9.64 Å². The van der Waals surface area contributed by atoms with Crippen LogP contribution in [0.3, 0.4) is 0 Å². The summed E-state index contributed by atoms with van der Waals surface area (Å²) < 4.78 is 6.74. The quantitative estimate of drug-likeness (QED) is 0.802. The SMILES string of the molecule is CCOC(=O)C[C@@H]1CCCCN1C(=O)c1cn2cccnc2n1. The van der Waals surface area contributed by atoms with E-state index in [1.54, 1.807) is 40.9 Å². The second-order valence-corrected chi connectivity index (χ2v) is 5.61. The summed E-state index contributed by atoms with van der Waals surface area (Å²) in [6.07, 6.45) is 8.14. The van der Waals surface area contributed by atoms with Crippen molar-refractivity contribution in [3.63, 3.8) is 0 Å². The van der Waals surface area contributed by atoms with E-state index in [4.69, 9.17) is 4.74 Å². The van der Waals surface area contributed by atoms with Crippen LogP contribution >= 0.6 is 0 Å². The first-order valence-corrected chi connectivity index (χ1v) is 7.95. The average Bonchev–Trinajstić information content (AvgIpc) is 2.99. The van der Waals surface area contributed by atoms with Crippen LogP contribution in [0.4, 0.5) is 0 Å². The normalized spacial score (nSPS) is 18.1. The molecule has 1 amide bonds. The van der Waals surface area contributed by atoms with Crippen molar-refractivity contribution in [1.29, 1.82) is 0 Å². The summed E-state index contributed by atoms with van der Waals surface area (Å²) >= 11 is 0. The molecule has 1 saturated heterocycles. The number of esters is 1. The molecule has 122 valence electrons. The molecule has 0 aromatic carbocycles. The summed E-state index contributed by atoms with van der Waals surface area (Å²) in [6.45, 7) is 2.78. The van der Waals surface area contributed by atoms with Crippen LogP contribution in [0.25, 0.3) is 5.78 Å². The van der Waals surface area contributed by atoms with Gasteiger partial charge in [0.25, 0.3) is 5.91 Å². The van der Waals surface area contributed by atoms with E-state index in [1.807, 2.05) is 0 Å². The van der Waals surface area contributed by atoms with Crippen molar-refractivity contribution < 1.29 is 14.3 Å². The predicted octanol–water partition coefficient (Wildman–Crippen LogP) is 1.68. The summed E-state index contributed by atoms with van der Waals surface area (Å²) in [4.78, 5) is 34.7. The molecule has 2 aromatic heterocycles. The number of carbonyl (C=O) groups excluding carboxylic acids is 2. The van der Waals surface area contributed by atoms with Crippen LogP contribution in [-0.4, -0.2) is 50.3 Å². The topological polar surface area (TPSA) is 76.8 Å². The van der Waals surface area contributed by atoms with Gasteiger partial charge in [-0.05, 0) is 32.3 Å². The number of aromatic nitrogens is 3. The van der Waals surface area contributed by atoms with Crippen molar-refractivity contribution in [2.45, 2.75) is 38.6 Å². The first kappa shape index (κ1) is 15.5. The van der Waals surface area contributed by atoms with Crippen LogP contribution in [0.15, 0.2) is 24.7 Å². The number of hydrogen-bond acceptors (Lipinski definition) is 5. The summed E-state index contributed by atoms with van der Waals surface area (Å²) in [5.74, 6) is 0.0909. The average molecular weight is 316 g/mol. The molecule has 2 aromatic rings. The molecule has 1 fully saturated rings. The molecule has 0 spiro atoms. The fourth-order valence-electron chi connectivity index (χ4n) is 2.97. The van der Waals surface area contributed by atoms with Crippen molar-refractivity contribution in [3.05, 3.63) is 30.4 Å². The number of fused-ring (bicyclic) bond motifs is 1. The third kappa shape index (κ3) is 3.33. The van der Waals surface area contributed by atoms with Crippen LogP contribution in [0.1, 0.15) is 43.1 Å². The number of nitrogens with zero attached hydrogens (tertiary/aromatic N) is 4. The van der Waals surface area contributed by atoms with Gasteiger partial charge in [0.15, 0.2) is 0 Å². The molecule has 1 atom stereocenters. The first-order valence-electron chi connectivity index (χ1n) is 7.95. The van der Waals surface area contributed by atoms with Gasteiger partial charge in [0.1, 0.15) is 5.69 Å². The molecule has 3 rings (SSSR count). The molecule has 0 N–H and O–H groups in total. The van der Waals surface area contributed by atoms with Gasteiger partial charge in [0.2, 0.25) is 5.78 Å². The van der Waals surface area contributed by atoms with E-state index < -0.39 is 0 Å². The Morgan fingerprint density at radius 3 is 3.04 bits per heavy atom. The number of likely N-dealkylation sites (tertiary alicyclic amines) is 1. The Morgan fingerprint density at radius 1 is 1.39 bits per heavy atom. The fourth-order valence-corrected chi connectivity index (χ4v) is 2.97. The van der Waals surface area contributed by atoms with Crippen molar-refractivity contribution in [3.8, 4) is 0 Å². The summed E-state index contributed by atoms with van der Waals surface area (Å²) in [6, 6.07) is 1.67. The molecule has 0 bridgehead atoms. The second kappa shape index (κ2) is 6.76. The van der Waals surface area contributed by atoms with Crippen molar-refractivity contribution >= 4 is 17.7 Å². The van der Waals surface area contributed by atoms with Gasteiger partial charge in [-0.3, -0.25) is 14.0 Å². The van der Waals surface area contributed by atoms with Gasteiger partial charge >= 0.3 is 5.97 Å². The van der Waals surface area contributed by atoms with Crippen molar-refractivity contribution in [2.75, 3.05) is 13.2 Å². The van der Waals surface area contributed by atoms with Gasteiger partial charge in [-0.15, -0.1) is 0 Å². The highest BCUT2D eigenvalue weighted by molar-refractivity contribution is 5.93. The summed E-state index contributed by atoms with van der Waals surface area (Å²) in [5.41, 5.74) is 0.361. The van der Waals surface area contributed by atoms with Crippen LogP contribution < -0.4 is 0 Å². The standard InChI is InChI=1S/C16H20N4O3/c1-2-23-14(21)10-12-6-3-4-9-20(12)15(22)13-11-19-8-5-7-17-16(19)18-13/h5,7-8,11-12H,2-4,6,9-10H2,1H3/t12-/m0/s1. The van der Waals surface area contributed by atoms with E-state index in [9.17, 15) is 9.59 Å². The van der Waals surface area contributed by atoms with Crippen LogP contribution in [0.5, 0.6) is 0 Å². The van der Waals surface area contributed by atoms with Crippen LogP contribution in [0, 0.1) is 0 Å². The number of hydrogen-bond donors (Lipinski definition) is 0. The summed E-state index contributed by atoms with van der Waals surface area (Å²) in [5, 5.41) is 0. The monoisotopic (exact) mass is 316 g/mol. The third-order valence-electron chi connectivity index (χ3n) is 4.05. The van der Waals surface area contributed by atoms with Gasteiger partial charge in [0, 0.05) is 31.2 Å². The summed E-state index contributed by atoms with van der Waals surface area (Å²) in [7, 11) is 0. The van der Waals surface area contributed by atoms with Gasteiger partial charge in [-0.1, -0.05) is 0 Å². The van der Waals surface area contributed by atoms with Crippen molar-refractivity contribution in [1.82, 2.24) is 19.3 Å². The molecule has 0 radical (unpaired) electrons. The zero-order chi connectivity index (χ0) is 16.2. The molecule has 1 aliphatic heterocycles. The molecule has 3 heterocycles. The van der Waals surface area contributed by atoms with E-state index in [0.717, 1.165) is 19.3 Å². The lowest BCUT2D eigenvalue weighted by Crippen LogP contribution is -2.45. The Labute approximate surface area is 134 Å². The Bertz CT molecular complexity index is 679. The first-order chi connectivity index (χ1) is 11.2. The zero-order valence-corrected chi connectivity index (χ0v) is 13.1. The molecule has 1 aliphatic rings. The highest BCUT2D eigenvalue weighted by Gasteiger charge is 2.30. The number of rotatable bonds is 4.